The highest BCUT2D eigenvalue weighted by atomic mass is 32.2. The first kappa shape index (κ1) is 21.3. The molecule has 3 aromatic carbocycles. The summed E-state index contributed by atoms with van der Waals surface area (Å²) in [4.78, 5) is 0. The third-order valence-corrected chi connectivity index (χ3v) is 4.42. The Morgan fingerprint density at radius 2 is 1.63 bits per heavy atom. The third kappa shape index (κ3) is 5.13. The molecule has 0 aromatic heterocycles. The average molecular weight is 438 g/mol. The zero-order valence-electron chi connectivity index (χ0n) is 15.5. The Labute approximate surface area is 170 Å². The van der Waals surface area contributed by atoms with Gasteiger partial charge in [-0.15, -0.1) is 0 Å². The molecule has 0 saturated heterocycles. The highest BCUT2D eigenvalue weighted by molar-refractivity contribution is 7.90. The van der Waals surface area contributed by atoms with Crippen molar-refractivity contribution in [2.75, 3.05) is 15.8 Å². The second-order valence-electron chi connectivity index (χ2n) is 6.36. The summed E-state index contributed by atoms with van der Waals surface area (Å²) in [5.74, 6) is -2.40. The number of ether oxygens (including phenoxy) is 1. The van der Waals surface area contributed by atoms with Gasteiger partial charge in [-0.3, -0.25) is 4.72 Å². The van der Waals surface area contributed by atoms with Crippen LogP contribution in [-0.4, -0.2) is 8.42 Å². The van der Waals surface area contributed by atoms with Gasteiger partial charge in [0.25, 0.3) is 10.2 Å². The molecule has 7 nitrogen and oxygen atoms in total. The molecule has 6 N–H and O–H groups in total. The van der Waals surface area contributed by atoms with E-state index in [0.717, 1.165) is 24.3 Å². The van der Waals surface area contributed by atoms with Gasteiger partial charge in [0.15, 0.2) is 5.75 Å². The van der Waals surface area contributed by atoms with Gasteiger partial charge in [-0.2, -0.15) is 8.42 Å². The van der Waals surface area contributed by atoms with Gasteiger partial charge in [0.2, 0.25) is 0 Å². The van der Waals surface area contributed by atoms with Crippen LogP contribution in [0.15, 0.2) is 48.5 Å². The topological polar surface area (TPSA) is 119 Å². The largest absolute Gasteiger partial charge is 0.455 e. The number of benzene rings is 3. The number of anilines is 4. The predicted molar refractivity (Wildman–Crippen MR) is 108 cm³/mol. The van der Waals surface area contributed by atoms with Crippen LogP contribution in [0.3, 0.4) is 0 Å². The van der Waals surface area contributed by atoms with Gasteiger partial charge in [-0.1, -0.05) is 6.07 Å². The van der Waals surface area contributed by atoms with Crippen molar-refractivity contribution in [1.82, 2.24) is 0 Å². The monoisotopic (exact) mass is 438 g/mol. The normalized spacial score (nSPS) is 11.2. The van der Waals surface area contributed by atoms with E-state index in [1.807, 2.05) is 0 Å². The lowest BCUT2D eigenvalue weighted by molar-refractivity contribution is 0.478. The van der Waals surface area contributed by atoms with Crippen LogP contribution in [0.1, 0.15) is 5.56 Å². The number of nitrogens with one attached hydrogen (secondary N) is 2. The van der Waals surface area contributed by atoms with Crippen molar-refractivity contribution in [3.63, 3.8) is 0 Å². The molecule has 0 unspecified atom stereocenters. The van der Waals surface area contributed by atoms with Crippen molar-refractivity contribution in [3.05, 3.63) is 71.5 Å². The predicted octanol–water partition coefficient (Wildman–Crippen LogP) is 4.15. The second kappa shape index (κ2) is 8.13. The van der Waals surface area contributed by atoms with Crippen LogP contribution in [0, 0.1) is 24.4 Å². The molecule has 30 heavy (non-hydrogen) atoms. The zero-order valence-corrected chi connectivity index (χ0v) is 16.4. The molecule has 0 aliphatic rings. The van der Waals surface area contributed by atoms with Crippen LogP contribution in [0.5, 0.6) is 11.5 Å². The molecule has 3 rings (SSSR count). The summed E-state index contributed by atoms with van der Waals surface area (Å²) in [6.07, 6.45) is 0. The van der Waals surface area contributed by atoms with E-state index in [-0.39, 0.29) is 28.6 Å². The number of aryl methyl sites for hydroxylation is 1. The number of halogens is 3. The highest BCUT2D eigenvalue weighted by Gasteiger charge is 2.15. The minimum atomic E-state index is -4.23. The van der Waals surface area contributed by atoms with Crippen molar-refractivity contribution in [2.24, 2.45) is 5.14 Å². The van der Waals surface area contributed by atoms with E-state index in [1.165, 1.54) is 18.2 Å². The molecule has 0 atom stereocenters. The standard InChI is InChI=1S/C19H17F3N4O3S/c1-10-2-5-15(14(22)6-10)25-17-7-11(20)8-18(19(17)23)29-12-3-4-13(21)16(9-12)26-30(24,27)28/h2-9,25-26H,23H2,1H3,(H2,24,27,28). The van der Waals surface area contributed by atoms with Crippen molar-refractivity contribution in [1.29, 1.82) is 0 Å². The lowest BCUT2D eigenvalue weighted by atomic mass is 10.2. The summed E-state index contributed by atoms with van der Waals surface area (Å²) in [5, 5.41) is 7.54. The first-order valence-electron chi connectivity index (χ1n) is 8.42. The molecular weight excluding hydrogens is 421 g/mol. The van der Waals surface area contributed by atoms with Crippen molar-refractivity contribution < 1.29 is 26.3 Å². The SMILES string of the molecule is Cc1ccc(Nc2cc(F)cc(Oc3ccc(F)c(NS(N)(=O)=O)c3)c2N)c(F)c1. The molecule has 0 fully saturated rings. The van der Waals surface area contributed by atoms with Crippen LogP contribution in [0.4, 0.5) is 35.9 Å². The minimum absolute atomic E-state index is 0.0396. The Morgan fingerprint density at radius 1 is 0.900 bits per heavy atom. The molecule has 158 valence electrons. The molecule has 11 heteroatoms. The maximum absolute atomic E-state index is 14.1. The number of nitrogens with two attached hydrogens (primary N) is 2. The van der Waals surface area contributed by atoms with Crippen molar-refractivity contribution >= 4 is 33.0 Å². The van der Waals surface area contributed by atoms with Crippen LogP contribution >= 0.6 is 0 Å². The molecular formula is C19H17F3N4O3S. The van der Waals surface area contributed by atoms with E-state index in [9.17, 15) is 21.6 Å². The Morgan fingerprint density at radius 3 is 2.30 bits per heavy atom. The summed E-state index contributed by atoms with van der Waals surface area (Å²) >= 11 is 0. The highest BCUT2D eigenvalue weighted by Crippen LogP contribution is 2.37. The number of hydrogen-bond donors (Lipinski definition) is 4. The summed E-state index contributed by atoms with van der Waals surface area (Å²) in [6, 6.07) is 9.59. The maximum atomic E-state index is 14.1. The van der Waals surface area contributed by atoms with Crippen LogP contribution in [0.25, 0.3) is 0 Å². The Hall–Kier alpha value is -3.44. The molecule has 0 spiro atoms. The molecule has 0 saturated carbocycles. The van der Waals surface area contributed by atoms with Gasteiger partial charge in [-0.25, -0.2) is 18.3 Å². The average Bonchev–Trinajstić information content (AvgIpc) is 2.63. The van der Waals surface area contributed by atoms with Crippen molar-refractivity contribution in [2.45, 2.75) is 6.92 Å². The molecule has 0 heterocycles. The van der Waals surface area contributed by atoms with E-state index in [1.54, 1.807) is 17.7 Å². The molecule has 0 radical (unpaired) electrons. The summed E-state index contributed by atoms with van der Waals surface area (Å²) in [7, 11) is -4.23. The second-order valence-corrected chi connectivity index (χ2v) is 7.66. The molecule has 0 amide bonds. The molecule has 0 aliphatic carbocycles. The lowest BCUT2D eigenvalue weighted by Gasteiger charge is -2.15. The Kier molecular flexibility index (Phi) is 5.76. The lowest BCUT2D eigenvalue weighted by Crippen LogP contribution is -2.22. The van der Waals surface area contributed by atoms with Crippen LogP contribution in [0.2, 0.25) is 0 Å². The summed E-state index contributed by atoms with van der Waals surface area (Å²) in [6.45, 7) is 1.72. The fourth-order valence-corrected chi connectivity index (χ4v) is 3.04. The van der Waals surface area contributed by atoms with E-state index in [2.05, 4.69) is 5.32 Å². The summed E-state index contributed by atoms with van der Waals surface area (Å²) in [5.41, 5.74) is 6.31. The minimum Gasteiger partial charge on any atom is -0.455 e. The maximum Gasteiger partial charge on any atom is 0.296 e. The Bertz CT molecular complexity index is 1220. The van der Waals surface area contributed by atoms with Gasteiger partial charge in [0.1, 0.15) is 23.2 Å². The third-order valence-electron chi connectivity index (χ3n) is 3.92. The quantitative estimate of drug-likeness (QED) is 0.431. The van der Waals surface area contributed by atoms with Crippen LogP contribution < -0.4 is 25.6 Å². The summed E-state index contributed by atoms with van der Waals surface area (Å²) < 4.78 is 71.6. The fraction of sp³-hybridized carbons (Fsp3) is 0.0526. The molecule has 0 bridgehead atoms. The number of nitrogen functional groups attached to an aromatic ring is 1. The zero-order chi connectivity index (χ0) is 22.1. The number of rotatable bonds is 6. The van der Waals surface area contributed by atoms with Gasteiger partial charge in [-0.05, 0) is 42.8 Å². The first-order chi connectivity index (χ1) is 14.0. The van der Waals surface area contributed by atoms with E-state index < -0.39 is 33.3 Å². The van der Waals surface area contributed by atoms with Gasteiger partial charge < -0.3 is 15.8 Å². The van der Waals surface area contributed by atoms with E-state index in [4.69, 9.17) is 15.6 Å². The molecule has 0 aliphatic heterocycles. The fourth-order valence-electron chi connectivity index (χ4n) is 2.57. The van der Waals surface area contributed by atoms with Crippen LogP contribution in [-0.2, 0) is 10.2 Å². The van der Waals surface area contributed by atoms with Crippen molar-refractivity contribution in [3.8, 4) is 11.5 Å². The van der Waals surface area contributed by atoms with E-state index in [0.29, 0.717) is 5.56 Å². The van der Waals surface area contributed by atoms with Gasteiger partial charge >= 0.3 is 0 Å². The van der Waals surface area contributed by atoms with Gasteiger partial charge in [0.05, 0.1) is 22.7 Å². The first-order valence-corrected chi connectivity index (χ1v) is 9.96. The number of hydrogen-bond acceptors (Lipinski definition) is 5. The van der Waals surface area contributed by atoms with Gasteiger partial charge in [0, 0.05) is 12.1 Å². The smallest absolute Gasteiger partial charge is 0.296 e. The Balaban J connectivity index is 1.93. The molecule has 3 aromatic rings. The van der Waals surface area contributed by atoms with E-state index >= 15 is 0 Å².